The maximum atomic E-state index is 13.7. The number of fused-ring (bicyclic) bond motifs is 1. The molecule has 0 fully saturated rings. The molecule has 3 aliphatic carbocycles. The predicted octanol–water partition coefficient (Wildman–Crippen LogP) is 6.11. The Bertz CT molecular complexity index is 1020. The molecule has 146 valence electrons. The van der Waals surface area contributed by atoms with E-state index in [0.717, 1.165) is 5.69 Å². The summed E-state index contributed by atoms with van der Waals surface area (Å²) < 4.78 is 0. The fourth-order valence-electron chi connectivity index (χ4n) is 5.71. The molecule has 29 heavy (non-hydrogen) atoms. The minimum Gasteiger partial charge on any atom is -0.326 e. The Labute approximate surface area is 173 Å². The second-order valence-electron chi connectivity index (χ2n) is 8.92. The van der Waals surface area contributed by atoms with Gasteiger partial charge >= 0.3 is 0 Å². The van der Waals surface area contributed by atoms with Crippen molar-refractivity contribution in [1.29, 1.82) is 0 Å². The molecule has 0 heterocycles. The van der Waals surface area contributed by atoms with Gasteiger partial charge in [0.05, 0.1) is 5.92 Å². The summed E-state index contributed by atoms with van der Waals surface area (Å²) in [7, 11) is 0. The van der Waals surface area contributed by atoms with Gasteiger partial charge in [-0.05, 0) is 53.1 Å². The first-order chi connectivity index (χ1) is 14.1. The van der Waals surface area contributed by atoms with Crippen LogP contribution >= 0.6 is 0 Å². The Hall–Kier alpha value is -2.87. The van der Waals surface area contributed by atoms with Crippen molar-refractivity contribution in [2.75, 3.05) is 5.32 Å². The highest BCUT2D eigenvalue weighted by atomic mass is 16.1. The minimum atomic E-state index is -0.0638. The van der Waals surface area contributed by atoms with Crippen LogP contribution in [0.2, 0.25) is 0 Å². The van der Waals surface area contributed by atoms with Gasteiger partial charge in [0.15, 0.2) is 0 Å². The molecule has 1 amide bonds. The van der Waals surface area contributed by atoms with E-state index in [1.165, 1.54) is 27.8 Å². The summed E-state index contributed by atoms with van der Waals surface area (Å²) in [5.74, 6) is 1.18. The summed E-state index contributed by atoms with van der Waals surface area (Å²) in [6, 6.07) is 25.6. The molecule has 2 heteroatoms. The quantitative estimate of drug-likeness (QED) is 0.582. The molecule has 2 bridgehead atoms. The van der Waals surface area contributed by atoms with Crippen LogP contribution in [0.1, 0.15) is 53.5 Å². The van der Waals surface area contributed by atoms with Gasteiger partial charge in [-0.3, -0.25) is 4.79 Å². The van der Waals surface area contributed by atoms with Gasteiger partial charge in [0.2, 0.25) is 5.91 Å². The fraction of sp³-hybridized carbons (Fsp3) is 0.296. The number of amides is 1. The van der Waals surface area contributed by atoms with Crippen molar-refractivity contribution in [3.8, 4) is 0 Å². The molecule has 6 rings (SSSR count). The van der Waals surface area contributed by atoms with Crippen molar-refractivity contribution >= 4 is 11.6 Å². The summed E-state index contributed by atoms with van der Waals surface area (Å²) in [6.07, 6.45) is 0. The number of hydrogen-bond acceptors (Lipinski definition) is 1. The Kier molecular flexibility index (Phi) is 4.31. The third-order valence-electron chi connectivity index (χ3n) is 6.88. The number of nitrogens with one attached hydrogen (secondary N) is 1. The Morgan fingerprint density at radius 3 is 1.72 bits per heavy atom. The van der Waals surface area contributed by atoms with E-state index >= 15 is 0 Å². The number of anilines is 1. The molecule has 0 unspecified atom stereocenters. The Morgan fingerprint density at radius 1 is 0.759 bits per heavy atom. The van der Waals surface area contributed by atoms with E-state index in [1.54, 1.807) is 0 Å². The topological polar surface area (TPSA) is 29.1 Å². The smallest absolute Gasteiger partial charge is 0.228 e. The lowest BCUT2D eigenvalue weighted by Gasteiger charge is -2.51. The number of aryl methyl sites for hydroxylation is 1. The Balaban J connectivity index is 1.63. The zero-order valence-corrected chi connectivity index (χ0v) is 17.2. The molecule has 3 aromatic carbocycles. The maximum absolute atomic E-state index is 13.7. The lowest BCUT2D eigenvalue weighted by atomic mass is 9.52. The largest absolute Gasteiger partial charge is 0.326 e. The fourth-order valence-corrected chi connectivity index (χ4v) is 5.71. The van der Waals surface area contributed by atoms with Gasteiger partial charge < -0.3 is 5.32 Å². The molecule has 0 saturated heterocycles. The molecule has 0 aromatic heterocycles. The first-order valence-electron chi connectivity index (χ1n) is 10.6. The lowest BCUT2D eigenvalue weighted by Crippen LogP contribution is -2.47. The second-order valence-corrected chi connectivity index (χ2v) is 8.92. The number of hydrogen-bond donors (Lipinski definition) is 1. The van der Waals surface area contributed by atoms with E-state index in [0.29, 0.717) is 5.92 Å². The zero-order chi connectivity index (χ0) is 20.1. The van der Waals surface area contributed by atoms with Gasteiger partial charge in [0, 0.05) is 17.5 Å². The first-order valence-corrected chi connectivity index (χ1v) is 10.6. The highest BCUT2D eigenvalue weighted by molar-refractivity contribution is 5.95. The maximum Gasteiger partial charge on any atom is 0.228 e. The minimum absolute atomic E-state index is 0.0638. The highest BCUT2D eigenvalue weighted by Crippen LogP contribution is 2.60. The van der Waals surface area contributed by atoms with Crippen LogP contribution < -0.4 is 5.32 Å². The first kappa shape index (κ1) is 18.2. The zero-order valence-electron chi connectivity index (χ0n) is 17.2. The van der Waals surface area contributed by atoms with Crippen molar-refractivity contribution in [3.05, 3.63) is 101 Å². The average Bonchev–Trinajstić information content (AvgIpc) is 2.74. The number of benzene rings is 3. The molecule has 2 atom stereocenters. The van der Waals surface area contributed by atoms with E-state index in [2.05, 4.69) is 74.6 Å². The summed E-state index contributed by atoms with van der Waals surface area (Å²) in [5.41, 5.74) is 7.56. The molecule has 0 radical (unpaired) electrons. The van der Waals surface area contributed by atoms with Gasteiger partial charge in [0.1, 0.15) is 0 Å². The summed E-state index contributed by atoms with van der Waals surface area (Å²) in [4.78, 5) is 13.7. The van der Waals surface area contributed by atoms with Crippen LogP contribution in [0.15, 0.2) is 72.8 Å². The molecular formula is C27H27NO. The van der Waals surface area contributed by atoms with E-state index in [4.69, 9.17) is 0 Å². The number of rotatable bonds is 3. The van der Waals surface area contributed by atoms with E-state index in [9.17, 15) is 4.79 Å². The van der Waals surface area contributed by atoms with Gasteiger partial charge in [-0.25, -0.2) is 0 Å². The summed E-state index contributed by atoms with van der Waals surface area (Å²) >= 11 is 0. The van der Waals surface area contributed by atoms with Crippen LogP contribution in [-0.2, 0) is 4.79 Å². The SMILES string of the molecule is Cc1ccc(NC(=O)[C@@H]2C3c4ccccc4C(c4ccccc43)[C@H]2C(C)C)cc1. The number of carbonyl (C=O) groups excluding carboxylic acids is 1. The van der Waals surface area contributed by atoms with Gasteiger partial charge in [-0.1, -0.05) is 80.1 Å². The van der Waals surface area contributed by atoms with Crippen LogP contribution in [-0.4, -0.2) is 5.91 Å². The third-order valence-corrected chi connectivity index (χ3v) is 6.88. The van der Waals surface area contributed by atoms with Crippen molar-refractivity contribution in [1.82, 2.24) is 0 Å². The Morgan fingerprint density at radius 2 is 1.24 bits per heavy atom. The second kappa shape index (κ2) is 6.88. The van der Waals surface area contributed by atoms with E-state index in [-0.39, 0.29) is 29.6 Å². The average molecular weight is 382 g/mol. The molecule has 0 saturated carbocycles. The predicted molar refractivity (Wildman–Crippen MR) is 118 cm³/mol. The van der Waals surface area contributed by atoms with E-state index < -0.39 is 0 Å². The summed E-state index contributed by atoms with van der Waals surface area (Å²) in [5, 5.41) is 3.23. The monoisotopic (exact) mass is 381 g/mol. The number of carbonyl (C=O) groups is 1. The van der Waals surface area contributed by atoms with Gasteiger partial charge in [-0.2, -0.15) is 0 Å². The van der Waals surface area contributed by atoms with E-state index in [1.807, 2.05) is 24.3 Å². The van der Waals surface area contributed by atoms with Crippen molar-refractivity contribution in [2.45, 2.75) is 32.6 Å². The molecule has 3 aromatic rings. The summed E-state index contributed by atoms with van der Waals surface area (Å²) in [6.45, 7) is 6.60. The van der Waals surface area contributed by atoms with Crippen LogP contribution in [0.5, 0.6) is 0 Å². The molecule has 3 aliphatic rings. The van der Waals surface area contributed by atoms with Crippen LogP contribution in [0.25, 0.3) is 0 Å². The van der Waals surface area contributed by atoms with Crippen LogP contribution in [0, 0.1) is 24.7 Å². The standard InChI is InChI=1S/C27H27NO/c1-16(2)23-24-19-8-4-6-10-21(19)25(22-11-7-5-9-20(22)24)26(23)27(29)28-18-14-12-17(3)13-15-18/h4-16,23-26H,1-3H3,(H,28,29)/t23-,24?,25?,26+/m1/s1. The van der Waals surface area contributed by atoms with Gasteiger partial charge in [-0.15, -0.1) is 0 Å². The normalized spacial score (nSPS) is 24.1. The molecule has 0 aliphatic heterocycles. The third kappa shape index (κ3) is 2.81. The van der Waals surface area contributed by atoms with Crippen LogP contribution in [0.4, 0.5) is 5.69 Å². The molecule has 0 spiro atoms. The highest BCUT2D eigenvalue weighted by Gasteiger charge is 2.53. The van der Waals surface area contributed by atoms with Gasteiger partial charge in [0.25, 0.3) is 0 Å². The van der Waals surface area contributed by atoms with Crippen LogP contribution in [0.3, 0.4) is 0 Å². The molecule has 1 N–H and O–H groups in total. The van der Waals surface area contributed by atoms with Crippen molar-refractivity contribution < 1.29 is 4.79 Å². The molecule has 2 nitrogen and oxygen atoms in total. The van der Waals surface area contributed by atoms with Crippen molar-refractivity contribution in [3.63, 3.8) is 0 Å². The molecular weight excluding hydrogens is 354 g/mol. The van der Waals surface area contributed by atoms with Crippen molar-refractivity contribution in [2.24, 2.45) is 17.8 Å². The lowest BCUT2D eigenvalue weighted by molar-refractivity contribution is -0.123.